The molecule has 4 N–H and O–H groups in total. The van der Waals surface area contributed by atoms with Crippen molar-refractivity contribution in [3.63, 3.8) is 0 Å². The van der Waals surface area contributed by atoms with E-state index in [-0.39, 0.29) is 35.5 Å². The third-order valence-electron chi connectivity index (χ3n) is 2.79. The number of nitrogens with zero attached hydrogens (tertiary/aromatic N) is 3. The van der Waals surface area contributed by atoms with Crippen LogP contribution in [-0.4, -0.2) is 53.8 Å². The van der Waals surface area contributed by atoms with E-state index in [0.717, 1.165) is 0 Å². The number of nitrogens with one attached hydrogen (secondary N) is 2. The average Bonchev–Trinajstić information content (AvgIpc) is 2.89. The Kier molecular flexibility index (Phi) is 6.63. The molecule has 0 saturated heterocycles. The highest BCUT2D eigenvalue weighted by atomic mass is 19.4. The summed E-state index contributed by atoms with van der Waals surface area (Å²) in [5, 5.41) is 18.3. The average molecular weight is 393 g/mol. The van der Waals surface area contributed by atoms with Gasteiger partial charge in [-0.25, -0.2) is 9.78 Å². The summed E-state index contributed by atoms with van der Waals surface area (Å²) >= 11 is 0. The molecular formula is C13H14F3N5O6. The van der Waals surface area contributed by atoms with Crippen LogP contribution >= 0.6 is 0 Å². The fourth-order valence-corrected chi connectivity index (χ4v) is 1.54. The van der Waals surface area contributed by atoms with Crippen LogP contribution in [0.4, 0.5) is 19.1 Å². The molecular weight excluding hydrogens is 379 g/mol. The Morgan fingerprint density at radius 3 is 2.30 bits per heavy atom. The number of aromatic amines is 1. The van der Waals surface area contributed by atoms with Crippen LogP contribution in [0.25, 0.3) is 11.2 Å². The Morgan fingerprint density at radius 2 is 1.85 bits per heavy atom. The van der Waals surface area contributed by atoms with Gasteiger partial charge in [-0.1, -0.05) is 13.8 Å². The van der Waals surface area contributed by atoms with Gasteiger partial charge in [-0.2, -0.15) is 18.2 Å². The van der Waals surface area contributed by atoms with Crippen LogP contribution in [0.5, 0.6) is 0 Å². The van der Waals surface area contributed by atoms with Gasteiger partial charge in [0, 0.05) is 5.92 Å². The maximum Gasteiger partial charge on any atom is 0.490 e. The molecule has 0 aliphatic rings. The summed E-state index contributed by atoms with van der Waals surface area (Å²) in [7, 11) is 0. The van der Waals surface area contributed by atoms with Crippen molar-refractivity contribution in [2.24, 2.45) is 5.92 Å². The number of imidazole rings is 1. The molecule has 14 heteroatoms. The summed E-state index contributed by atoms with van der Waals surface area (Å²) in [5.41, 5.74) is -0.415. The molecule has 2 aromatic heterocycles. The summed E-state index contributed by atoms with van der Waals surface area (Å²) < 4.78 is 33.0. The monoisotopic (exact) mass is 393 g/mol. The summed E-state index contributed by atoms with van der Waals surface area (Å²) in [6.45, 7) is 3.02. The first-order valence-electron chi connectivity index (χ1n) is 7.10. The van der Waals surface area contributed by atoms with Crippen molar-refractivity contribution in [1.29, 1.82) is 0 Å². The van der Waals surface area contributed by atoms with Crippen molar-refractivity contribution in [3.8, 4) is 0 Å². The normalized spacial score (nSPS) is 11.0. The molecule has 2 aromatic rings. The number of halogens is 3. The summed E-state index contributed by atoms with van der Waals surface area (Å²) in [5.74, 6) is -4.46. The molecule has 0 atom stereocenters. The van der Waals surface area contributed by atoms with Gasteiger partial charge in [0.05, 0.1) is 6.33 Å². The van der Waals surface area contributed by atoms with E-state index < -0.39 is 23.7 Å². The lowest BCUT2D eigenvalue weighted by Gasteiger charge is -2.06. The van der Waals surface area contributed by atoms with E-state index in [1.54, 1.807) is 13.8 Å². The fraction of sp³-hybridized carbons (Fsp3) is 0.385. The van der Waals surface area contributed by atoms with E-state index in [1.807, 2.05) is 0 Å². The van der Waals surface area contributed by atoms with E-state index in [9.17, 15) is 27.6 Å². The lowest BCUT2D eigenvalue weighted by atomic mass is 10.2. The number of rotatable bonds is 4. The zero-order valence-electron chi connectivity index (χ0n) is 13.9. The number of hydrogen-bond donors (Lipinski definition) is 4. The minimum absolute atomic E-state index is 0.0220. The highest BCUT2D eigenvalue weighted by molar-refractivity contribution is 5.91. The molecule has 0 unspecified atom stereocenters. The second-order valence-corrected chi connectivity index (χ2v) is 5.30. The Morgan fingerprint density at radius 1 is 1.30 bits per heavy atom. The topological polar surface area (TPSA) is 167 Å². The number of fused-ring (bicyclic) bond motifs is 1. The van der Waals surface area contributed by atoms with Crippen molar-refractivity contribution in [1.82, 2.24) is 19.5 Å². The van der Waals surface area contributed by atoms with E-state index in [1.165, 1.54) is 10.9 Å². The van der Waals surface area contributed by atoms with E-state index in [2.05, 4.69) is 20.3 Å². The Labute approximate surface area is 147 Å². The number of hydrogen-bond acceptors (Lipinski definition) is 6. The highest BCUT2D eigenvalue weighted by Gasteiger charge is 2.38. The number of aliphatic carboxylic acids is 2. The van der Waals surface area contributed by atoms with Crippen LogP contribution in [0.3, 0.4) is 0 Å². The van der Waals surface area contributed by atoms with Crippen LogP contribution in [0, 0.1) is 5.92 Å². The smallest absolute Gasteiger partial charge is 0.480 e. The minimum Gasteiger partial charge on any atom is -0.480 e. The SMILES string of the molecule is CC(C)C(=O)Nc1nc2c(ncn2CC(=O)O)c(=O)[nH]1.O=C(O)C(F)(F)F. The first-order valence-corrected chi connectivity index (χ1v) is 7.10. The summed E-state index contributed by atoms with van der Waals surface area (Å²) in [4.78, 5) is 53.2. The van der Waals surface area contributed by atoms with Crippen molar-refractivity contribution >= 4 is 35.0 Å². The lowest BCUT2D eigenvalue weighted by molar-refractivity contribution is -0.192. The molecule has 0 saturated carbocycles. The maximum absolute atomic E-state index is 11.8. The molecule has 148 valence electrons. The predicted octanol–water partition coefficient (Wildman–Crippen LogP) is 0.432. The molecule has 0 aliphatic carbocycles. The Balaban J connectivity index is 0.000000445. The van der Waals surface area contributed by atoms with Crippen LogP contribution < -0.4 is 10.9 Å². The van der Waals surface area contributed by atoms with Gasteiger partial charge in [0.15, 0.2) is 11.2 Å². The number of alkyl halides is 3. The third-order valence-corrected chi connectivity index (χ3v) is 2.79. The Bertz CT molecular complexity index is 917. The number of carbonyl (C=O) groups excluding carboxylic acids is 1. The molecule has 0 bridgehead atoms. The number of aromatic nitrogens is 4. The molecule has 11 nitrogen and oxygen atoms in total. The number of H-pyrrole nitrogens is 1. The van der Waals surface area contributed by atoms with Gasteiger partial charge in [0.1, 0.15) is 6.54 Å². The second kappa shape index (κ2) is 8.29. The van der Waals surface area contributed by atoms with Gasteiger partial charge in [-0.3, -0.25) is 24.7 Å². The summed E-state index contributed by atoms with van der Waals surface area (Å²) in [6.07, 6.45) is -3.87. The second-order valence-electron chi connectivity index (χ2n) is 5.30. The molecule has 0 radical (unpaired) electrons. The molecule has 1 amide bonds. The van der Waals surface area contributed by atoms with Crippen LogP contribution in [-0.2, 0) is 20.9 Å². The van der Waals surface area contributed by atoms with E-state index in [0.29, 0.717) is 0 Å². The quantitative estimate of drug-likeness (QED) is 0.580. The number of carboxylic acids is 2. The number of carboxylic acid groups (broad SMARTS) is 2. The maximum atomic E-state index is 11.8. The van der Waals surface area contributed by atoms with Crippen molar-refractivity contribution < 1.29 is 37.8 Å². The first kappa shape index (κ1) is 21.6. The van der Waals surface area contributed by atoms with Gasteiger partial charge in [0.25, 0.3) is 5.56 Å². The molecule has 0 aromatic carbocycles. The standard InChI is InChI=1S/C11H13N5O4.C2HF3O2/c1-5(2)9(19)14-11-13-8-7(10(20)15-11)12-4-16(8)3-6(17)18;3-2(4,5)1(6)7/h4-5H,3H2,1-2H3,(H,17,18)(H2,13,14,15,19,20);(H,6,7). The van der Waals surface area contributed by atoms with Crippen LogP contribution in [0.1, 0.15) is 13.8 Å². The minimum atomic E-state index is -5.08. The van der Waals surface area contributed by atoms with E-state index >= 15 is 0 Å². The Hall–Kier alpha value is -3.45. The third kappa shape index (κ3) is 6.09. The first-order chi connectivity index (χ1) is 12.3. The zero-order chi connectivity index (χ0) is 20.9. The fourth-order valence-electron chi connectivity index (χ4n) is 1.54. The van der Waals surface area contributed by atoms with E-state index in [4.69, 9.17) is 15.0 Å². The van der Waals surface area contributed by atoms with Crippen molar-refractivity contribution in [3.05, 3.63) is 16.7 Å². The number of anilines is 1. The largest absolute Gasteiger partial charge is 0.490 e. The molecule has 0 fully saturated rings. The van der Waals surface area contributed by atoms with Crippen molar-refractivity contribution in [2.75, 3.05) is 5.32 Å². The summed E-state index contributed by atoms with van der Waals surface area (Å²) in [6, 6.07) is 0. The zero-order valence-corrected chi connectivity index (χ0v) is 13.9. The van der Waals surface area contributed by atoms with Gasteiger partial charge in [-0.05, 0) is 0 Å². The van der Waals surface area contributed by atoms with Crippen LogP contribution in [0.2, 0.25) is 0 Å². The molecule has 27 heavy (non-hydrogen) atoms. The number of amides is 1. The van der Waals surface area contributed by atoms with Crippen LogP contribution in [0.15, 0.2) is 11.1 Å². The predicted molar refractivity (Wildman–Crippen MR) is 82.9 cm³/mol. The number of carbonyl (C=O) groups is 3. The van der Waals surface area contributed by atoms with Gasteiger partial charge in [0.2, 0.25) is 11.9 Å². The molecule has 0 aliphatic heterocycles. The highest BCUT2D eigenvalue weighted by Crippen LogP contribution is 2.13. The lowest BCUT2D eigenvalue weighted by Crippen LogP contribution is -2.22. The van der Waals surface area contributed by atoms with Crippen molar-refractivity contribution in [2.45, 2.75) is 26.6 Å². The van der Waals surface area contributed by atoms with Gasteiger partial charge in [-0.15, -0.1) is 0 Å². The molecule has 0 spiro atoms. The molecule has 2 rings (SSSR count). The molecule has 2 heterocycles. The van der Waals surface area contributed by atoms with Gasteiger partial charge >= 0.3 is 18.1 Å². The van der Waals surface area contributed by atoms with Gasteiger partial charge < -0.3 is 14.8 Å².